The van der Waals surface area contributed by atoms with Crippen LogP contribution in [0.25, 0.3) is 0 Å². The number of nitrogens with zero attached hydrogens (tertiary/aromatic N) is 1. The molecule has 0 atom stereocenters. The van der Waals surface area contributed by atoms with Crippen LogP contribution in [0.5, 0.6) is 11.5 Å². The SMILES string of the molecule is COc1ccccc1OCC(=O)N/N=C(/C)c1cccc(NC(=O)c2ccccc2)c1. The lowest BCUT2D eigenvalue weighted by atomic mass is 10.1. The van der Waals surface area contributed by atoms with Crippen molar-refractivity contribution in [2.75, 3.05) is 19.0 Å². The fourth-order valence-electron chi connectivity index (χ4n) is 2.74. The maximum atomic E-state index is 12.3. The second-order valence-electron chi connectivity index (χ2n) is 6.57. The molecule has 2 N–H and O–H groups in total. The van der Waals surface area contributed by atoms with E-state index in [0.29, 0.717) is 28.5 Å². The van der Waals surface area contributed by atoms with Crippen molar-refractivity contribution < 1.29 is 19.1 Å². The smallest absolute Gasteiger partial charge is 0.277 e. The predicted molar refractivity (Wildman–Crippen MR) is 120 cm³/mol. The third-order valence-electron chi connectivity index (χ3n) is 4.35. The van der Waals surface area contributed by atoms with Gasteiger partial charge in [0.05, 0.1) is 12.8 Å². The number of benzene rings is 3. The molecule has 0 aromatic heterocycles. The van der Waals surface area contributed by atoms with Gasteiger partial charge in [0.15, 0.2) is 18.1 Å². The van der Waals surface area contributed by atoms with Crippen LogP contribution in [-0.4, -0.2) is 31.2 Å². The van der Waals surface area contributed by atoms with Crippen LogP contribution in [-0.2, 0) is 4.79 Å². The van der Waals surface area contributed by atoms with Crippen molar-refractivity contribution >= 4 is 23.2 Å². The molecule has 7 heteroatoms. The van der Waals surface area contributed by atoms with Crippen molar-refractivity contribution in [1.29, 1.82) is 0 Å². The van der Waals surface area contributed by atoms with Gasteiger partial charge in [0, 0.05) is 11.3 Å². The lowest BCUT2D eigenvalue weighted by Crippen LogP contribution is -2.25. The number of carbonyl (C=O) groups is 2. The number of amides is 2. The Labute approximate surface area is 180 Å². The van der Waals surface area contributed by atoms with Gasteiger partial charge in [-0.1, -0.05) is 42.5 Å². The standard InChI is InChI=1S/C24H23N3O4/c1-17(26-27-23(28)16-31-22-14-7-6-13-21(22)30-2)19-11-8-12-20(15-19)25-24(29)18-9-4-3-5-10-18/h3-15H,16H2,1-2H3,(H,25,29)(H,27,28)/b26-17-. The molecule has 0 aliphatic heterocycles. The monoisotopic (exact) mass is 417 g/mol. The molecule has 31 heavy (non-hydrogen) atoms. The molecule has 0 heterocycles. The molecule has 2 amide bonds. The van der Waals surface area contributed by atoms with Crippen molar-refractivity contribution in [2.45, 2.75) is 6.92 Å². The van der Waals surface area contributed by atoms with E-state index < -0.39 is 5.91 Å². The van der Waals surface area contributed by atoms with E-state index in [9.17, 15) is 9.59 Å². The molecule has 0 spiro atoms. The molecular weight excluding hydrogens is 394 g/mol. The first kappa shape index (κ1) is 21.6. The van der Waals surface area contributed by atoms with E-state index in [4.69, 9.17) is 9.47 Å². The minimum atomic E-state index is -0.404. The van der Waals surface area contributed by atoms with Crippen molar-refractivity contribution in [3.63, 3.8) is 0 Å². The zero-order chi connectivity index (χ0) is 22.1. The van der Waals surface area contributed by atoms with Crippen LogP contribution in [0.2, 0.25) is 0 Å². The number of methoxy groups -OCH3 is 1. The predicted octanol–water partition coefficient (Wildman–Crippen LogP) is 3.87. The minimum absolute atomic E-state index is 0.200. The lowest BCUT2D eigenvalue weighted by molar-refractivity contribution is -0.123. The summed E-state index contributed by atoms with van der Waals surface area (Å²) in [5.74, 6) is 0.417. The Hall–Kier alpha value is -4.13. The van der Waals surface area contributed by atoms with E-state index in [-0.39, 0.29) is 12.5 Å². The number of hydrogen-bond acceptors (Lipinski definition) is 5. The van der Waals surface area contributed by atoms with Gasteiger partial charge in [0.1, 0.15) is 0 Å². The average Bonchev–Trinajstić information content (AvgIpc) is 2.82. The van der Waals surface area contributed by atoms with E-state index in [2.05, 4.69) is 15.8 Å². The number of para-hydroxylation sites is 2. The van der Waals surface area contributed by atoms with Crippen LogP contribution in [0.4, 0.5) is 5.69 Å². The van der Waals surface area contributed by atoms with Gasteiger partial charge in [0.2, 0.25) is 0 Å². The fraction of sp³-hybridized carbons (Fsp3) is 0.125. The number of hydrogen-bond donors (Lipinski definition) is 2. The van der Waals surface area contributed by atoms with E-state index in [1.165, 1.54) is 7.11 Å². The molecule has 0 aliphatic carbocycles. The molecule has 158 valence electrons. The van der Waals surface area contributed by atoms with Gasteiger partial charge in [-0.3, -0.25) is 9.59 Å². The number of ether oxygens (including phenoxy) is 2. The Morgan fingerprint density at radius 2 is 1.55 bits per heavy atom. The molecule has 0 fully saturated rings. The molecular formula is C24H23N3O4. The Morgan fingerprint density at radius 1 is 0.871 bits per heavy atom. The van der Waals surface area contributed by atoms with Crippen LogP contribution in [0.15, 0.2) is 84.0 Å². The van der Waals surface area contributed by atoms with Crippen molar-refractivity contribution in [1.82, 2.24) is 5.43 Å². The van der Waals surface area contributed by atoms with Gasteiger partial charge < -0.3 is 14.8 Å². The van der Waals surface area contributed by atoms with Gasteiger partial charge in [-0.2, -0.15) is 5.10 Å². The van der Waals surface area contributed by atoms with Gasteiger partial charge in [-0.05, 0) is 48.9 Å². The number of nitrogens with one attached hydrogen (secondary N) is 2. The molecule has 0 saturated heterocycles. The van der Waals surface area contributed by atoms with Gasteiger partial charge in [-0.15, -0.1) is 0 Å². The van der Waals surface area contributed by atoms with Crippen molar-refractivity contribution in [2.24, 2.45) is 5.10 Å². The number of rotatable bonds is 8. The van der Waals surface area contributed by atoms with E-state index in [1.807, 2.05) is 36.4 Å². The first-order chi connectivity index (χ1) is 15.1. The van der Waals surface area contributed by atoms with Crippen LogP contribution in [0.3, 0.4) is 0 Å². The summed E-state index contributed by atoms with van der Waals surface area (Å²) < 4.78 is 10.7. The summed E-state index contributed by atoms with van der Waals surface area (Å²) in [4.78, 5) is 24.4. The summed E-state index contributed by atoms with van der Waals surface area (Å²) in [7, 11) is 1.53. The Kier molecular flexibility index (Phi) is 7.37. The maximum Gasteiger partial charge on any atom is 0.277 e. The lowest BCUT2D eigenvalue weighted by Gasteiger charge is -2.10. The van der Waals surface area contributed by atoms with E-state index in [0.717, 1.165) is 5.56 Å². The molecule has 0 unspecified atom stereocenters. The highest BCUT2D eigenvalue weighted by atomic mass is 16.5. The third-order valence-corrected chi connectivity index (χ3v) is 4.35. The minimum Gasteiger partial charge on any atom is -0.493 e. The van der Waals surface area contributed by atoms with Gasteiger partial charge in [0.25, 0.3) is 11.8 Å². The van der Waals surface area contributed by atoms with Crippen LogP contribution >= 0.6 is 0 Å². The maximum absolute atomic E-state index is 12.3. The second kappa shape index (κ2) is 10.6. The first-order valence-electron chi connectivity index (χ1n) is 9.62. The molecule has 0 radical (unpaired) electrons. The summed E-state index contributed by atoms with van der Waals surface area (Å²) in [6.07, 6.45) is 0. The fourth-order valence-corrected chi connectivity index (χ4v) is 2.74. The first-order valence-corrected chi connectivity index (χ1v) is 9.62. The number of carbonyl (C=O) groups excluding carboxylic acids is 2. The molecule has 7 nitrogen and oxygen atoms in total. The van der Waals surface area contributed by atoms with Crippen LogP contribution < -0.4 is 20.2 Å². The van der Waals surface area contributed by atoms with Gasteiger partial charge >= 0.3 is 0 Å². The summed E-state index contributed by atoms with van der Waals surface area (Å²) in [5.41, 5.74) is 5.02. The Morgan fingerprint density at radius 3 is 2.29 bits per heavy atom. The summed E-state index contributed by atoms with van der Waals surface area (Å²) in [5, 5.41) is 6.98. The van der Waals surface area contributed by atoms with Crippen molar-refractivity contribution in [3.05, 3.63) is 90.0 Å². The van der Waals surface area contributed by atoms with Gasteiger partial charge in [-0.25, -0.2) is 5.43 Å². The number of anilines is 1. The summed E-state index contributed by atoms with van der Waals surface area (Å²) in [6, 6.07) is 23.3. The van der Waals surface area contributed by atoms with E-state index >= 15 is 0 Å². The molecule has 0 bridgehead atoms. The molecule has 3 rings (SSSR count). The highest BCUT2D eigenvalue weighted by molar-refractivity contribution is 6.05. The quantitative estimate of drug-likeness (QED) is 0.430. The Bertz CT molecular complexity index is 1080. The second-order valence-corrected chi connectivity index (χ2v) is 6.57. The topological polar surface area (TPSA) is 89.0 Å². The third kappa shape index (κ3) is 6.17. The zero-order valence-electron chi connectivity index (χ0n) is 17.3. The normalized spacial score (nSPS) is 10.8. The van der Waals surface area contributed by atoms with Crippen LogP contribution in [0.1, 0.15) is 22.8 Å². The highest BCUT2D eigenvalue weighted by Crippen LogP contribution is 2.25. The highest BCUT2D eigenvalue weighted by Gasteiger charge is 2.08. The molecule has 0 saturated carbocycles. The molecule has 3 aromatic carbocycles. The Balaban J connectivity index is 1.58. The molecule has 3 aromatic rings. The summed E-state index contributed by atoms with van der Waals surface area (Å²) >= 11 is 0. The zero-order valence-corrected chi connectivity index (χ0v) is 17.3. The molecule has 0 aliphatic rings. The number of hydrazone groups is 1. The van der Waals surface area contributed by atoms with Crippen LogP contribution in [0, 0.1) is 0 Å². The van der Waals surface area contributed by atoms with Crippen molar-refractivity contribution in [3.8, 4) is 11.5 Å². The largest absolute Gasteiger partial charge is 0.493 e. The van der Waals surface area contributed by atoms with E-state index in [1.54, 1.807) is 49.4 Å². The average molecular weight is 417 g/mol. The summed E-state index contributed by atoms with van der Waals surface area (Å²) in [6.45, 7) is 1.56.